The highest BCUT2D eigenvalue weighted by Crippen LogP contribution is 2.30. The molecular weight excluding hydrogens is 294 g/mol. The molecular formula is C14H14ClN3OS. The van der Waals surface area contributed by atoms with Crippen LogP contribution in [0.25, 0.3) is 0 Å². The van der Waals surface area contributed by atoms with E-state index in [-0.39, 0.29) is 10.9 Å². The fraction of sp³-hybridized carbons (Fsp3) is 0.286. The van der Waals surface area contributed by atoms with Crippen LogP contribution in [-0.2, 0) is 12.8 Å². The molecule has 4 nitrogen and oxygen atoms in total. The highest BCUT2D eigenvalue weighted by Gasteiger charge is 2.18. The molecule has 0 radical (unpaired) electrons. The minimum Gasteiger partial charge on any atom is -0.398 e. The number of hydrogen-bond donors (Lipinski definition) is 2. The van der Waals surface area contributed by atoms with Crippen molar-refractivity contribution in [2.24, 2.45) is 0 Å². The molecule has 104 valence electrons. The number of nitrogen functional groups attached to an aromatic ring is 1. The van der Waals surface area contributed by atoms with Gasteiger partial charge in [-0.2, -0.15) is 0 Å². The van der Waals surface area contributed by atoms with Crippen molar-refractivity contribution in [3.8, 4) is 0 Å². The largest absolute Gasteiger partial charge is 0.398 e. The van der Waals surface area contributed by atoms with E-state index in [2.05, 4.69) is 10.3 Å². The number of fused-ring (bicyclic) bond motifs is 1. The van der Waals surface area contributed by atoms with Crippen molar-refractivity contribution in [3.63, 3.8) is 0 Å². The van der Waals surface area contributed by atoms with Gasteiger partial charge in [0.25, 0.3) is 5.91 Å². The second-order valence-corrected chi connectivity index (χ2v) is 6.22. The highest BCUT2D eigenvalue weighted by atomic mass is 35.5. The molecule has 1 aliphatic rings. The zero-order valence-electron chi connectivity index (χ0n) is 10.8. The molecule has 1 heterocycles. The number of anilines is 2. The fourth-order valence-electron chi connectivity index (χ4n) is 2.30. The Hall–Kier alpha value is -1.59. The van der Waals surface area contributed by atoms with Crippen molar-refractivity contribution >= 4 is 39.7 Å². The zero-order valence-corrected chi connectivity index (χ0v) is 12.4. The number of thiazole rings is 1. The minimum atomic E-state index is -0.270. The van der Waals surface area contributed by atoms with Gasteiger partial charge in [-0.3, -0.25) is 10.1 Å². The van der Waals surface area contributed by atoms with Crippen LogP contribution in [0, 0.1) is 0 Å². The summed E-state index contributed by atoms with van der Waals surface area (Å²) >= 11 is 7.60. The van der Waals surface area contributed by atoms with Crippen molar-refractivity contribution in [3.05, 3.63) is 39.4 Å². The Bertz CT molecular complexity index is 645. The van der Waals surface area contributed by atoms with Gasteiger partial charge in [0.1, 0.15) is 0 Å². The minimum absolute atomic E-state index is 0.270. The highest BCUT2D eigenvalue weighted by molar-refractivity contribution is 7.15. The third-order valence-corrected chi connectivity index (χ3v) is 4.83. The molecule has 1 aromatic heterocycles. The quantitative estimate of drug-likeness (QED) is 0.834. The van der Waals surface area contributed by atoms with E-state index in [0.717, 1.165) is 18.5 Å². The molecule has 1 aliphatic carbocycles. The lowest BCUT2D eigenvalue weighted by Gasteiger charge is -2.06. The molecule has 0 unspecified atom stereocenters. The van der Waals surface area contributed by atoms with Gasteiger partial charge in [-0.15, -0.1) is 11.3 Å². The molecule has 0 aliphatic heterocycles. The van der Waals surface area contributed by atoms with Crippen LogP contribution >= 0.6 is 22.9 Å². The molecule has 6 heteroatoms. The van der Waals surface area contributed by atoms with Gasteiger partial charge in [-0.25, -0.2) is 4.98 Å². The predicted molar refractivity (Wildman–Crippen MR) is 82.6 cm³/mol. The van der Waals surface area contributed by atoms with E-state index in [1.807, 2.05) is 0 Å². The van der Waals surface area contributed by atoms with Crippen LogP contribution in [0.2, 0.25) is 5.02 Å². The lowest BCUT2D eigenvalue weighted by molar-refractivity contribution is 0.102. The number of carbonyl (C=O) groups is 1. The number of amides is 1. The Balaban J connectivity index is 1.82. The van der Waals surface area contributed by atoms with Gasteiger partial charge >= 0.3 is 0 Å². The summed E-state index contributed by atoms with van der Waals surface area (Å²) in [6, 6.07) is 5.03. The first-order valence-corrected chi connectivity index (χ1v) is 7.68. The van der Waals surface area contributed by atoms with Gasteiger partial charge in [0, 0.05) is 4.88 Å². The van der Waals surface area contributed by atoms with Gasteiger partial charge in [0.05, 0.1) is 22.0 Å². The molecule has 0 fully saturated rings. The molecule has 0 saturated carbocycles. The number of nitrogens with two attached hydrogens (primary N) is 1. The Morgan fingerprint density at radius 2 is 2.15 bits per heavy atom. The van der Waals surface area contributed by atoms with Crippen molar-refractivity contribution in [1.82, 2.24) is 4.98 Å². The number of hydrogen-bond acceptors (Lipinski definition) is 4. The molecule has 3 N–H and O–H groups in total. The number of rotatable bonds is 2. The standard InChI is InChI=1S/C14H14ClN3OS/c15-12-8(4-3-5-9(12)16)13(19)18-14-17-10-6-1-2-7-11(10)20-14/h3-5H,1-2,6-7,16H2,(H,17,18,19). The van der Waals surface area contributed by atoms with Crippen LogP contribution in [0.3, 0.4) is 0 Å². The van der Waals surface area contributed by atoms with Crippen molar-refractivity contribution in [2.45, 2.75) is 25.7 Å². The van der Waals surface area contributed by atoms with Crippen molar-refractivity contribution in [2.75, 3.05) is 11.1 Å². The van der Waals surface area contributed by atoms with Gasteiger partial charge in [-0.05, 0) is 37.8 Å². The third kappa shape index (κ3) is 2.51. The first-order chi connectivity index (χ1) is 9.65. The van der Waals surface area contributed by atoms with Gasteiger partial charge in [-0.1, -0.05) is 17.7 Å². The number of nitrogens with one attached hydrogen (secondary N) is 1. The monoisotopic (exact) mass is 307 g/mol. The molecule has 1 amide bonds. The van der Waals surface area contributed by atoms with E-state index in [4.69, 9.17) is 17.3 Å². The Morgan fingerprint density at radius 1 is 1.35 bits per heavy atom. The molecule has 1 aromatic carbocycles. The zero-order chi connectivity index (χ0) is 14.1. The van der Waals surface area contributed by atoms with E-state index in [1.165, 1.54) is 17.7 Å². The molecule has 0 atom stereocenters. The summed E-state index contributed by atoms with van der Waals surface area (Å²) in [5.74, 6) is -0.270. The number of nitrogens with zero attached hydrogens (tertiary/aromatic N) is 1. The fourth-order valence-corrected chi connectivity index (χ4v) is 3.55. The Morgan fingerprint density at radius 3 is 2.95 bits per heavy atom. The van der Waals surface area contributed by atoms with Gasteiger partial charge < -0.3 is 5.73 Å². The van der Waals surface area contributed by atoms with E-state index < -0.39 is 0 Å². The van der Waals surface area contributed by atoms with E-state index in [1.54, 1.807) is 29.5 Å². The Kier molecular flexibility index (Phi) is 3.63. The lowest BCUT2D eigenvalue weighted by atomic mass is 10.0. The maximum absolute atomic E-state index is 12.2. The summed E-state index contributed by atoms with van der Waals surface area (Å²) in [7, 11) is 0. The van der Waals surface area contributed by atoms with Crippen molar-refractivity contribution < 1.29 is 4.79 Å². The van der Waals surface area contributed by atoms with Crippen LogP contribution in [0.1, 0.15) is 33.8 Å². The normalized spacial score (nSPS) is 13.8. The summed E-state index contributed by atoms with van der Waals surface area (Å²) in [6.45, 7) is 0. The Labute approximate surface area is 126 Å². The van der Waals surface area contributed by atoms with Gasteiger partial charge in [0.2, 0.25) is 0 Å². The van der Waals surface area contributed by atoms with Gasteiger partial charge in [0.15, 0.2) is 5.13 Å². The first-order valence-electron chi connectivity index (χ1n) is 6.49. The number of benzene rings is 1. The summed E-state index contributed by atoms with van der Waals surface area (Å²) < 4.78 is 0. The van der Waals surface area contributed by atoms with Crippen molar-refractivity contribution in [1.29, 1.82) is 0 Å². The number of carbonyl (C=O) groups excluding carboxylic acids is 1. The molecule has 20 heavy (non-hydrogen) atoms. The average molecular weight is 308 g/mol. The lowest BCUT2D eigenvalue weighted by Crippen LogP contribution is -2.13. The van der Waals surface area contributed by atoms with Crippen LogP contribution in [0.5, 0.6) is 0 Å². The van der Waals surface area contributed by atoms with Crippen LogP contribution in [0.4, 0.5) is 10.8 Å². The summed E-state index contributed by atoms with van der Waals surface area (Å²) in [5.41, 5.74) is 7.60. The molecule has 2 aromatic rings. The maximum atomic E-state index is 12.2. The third-order valence-electron chi connectivity index (χ3n) is 3.34. The van der Waals surface area contributed by atoms with Crippen LogP contribution < -0.4 is 11.1 Å². The molecule has 0 bridgehead atoms. The predicted octanol–water partition coefficient (Wildman–Crippen LogP) is 3.51. The summed E-state index contributed by atoms with van der Waals surface area (Å²) in [4.78, 5) is 18.0. The smallest absolute Gasteiger partial charge is 0.259 e. The summed E-state index contributed by atoms with van der Waals surface area (Å²) in [5, 5.41) is 3.73. The van der Waals surface area contributed by atoms with Crippen LogP contribution in [0.15, 0.2) is 18.2 Å². The SMILES string of the molecule is Nc1cccc(C(=O)Nc2nc3c(s2)CCCC3)c1Cl. The number of aryl methyl sites for hydroxylation is 2. The van der Waals surface area contributed by atoms with Crippen LogP contribution in [-0.4, -0.2) is 10.9 Å². The van der Waals surface area contributed by atoms with E-state index in [9.17, 15) is 4.79 Å². The first kappa shape index (κ1) is 13.4. The number of halogens is 1. The molecule has 0 spiro atoms. The second-order valence-electron chi connectivity index (χ2n) is 4.76. The summed E-state index contributed by atoms with van der Waals surface area (Å²) in [6.07, 6.45) is 4.43. The molecule has 3 rings (SSSR count). The topological polar surface area (TPSA) is 68.0 Å². The van der Waals surface area contributed by atoms with E-state index >= 15 is 0 Å². The number of aromatic nitrogens is 1. The second kappa shape index (κ2) is 5.42. The van der Waals surface area contributed by atoms with E-state index in [0.29, 0.717) is 16.4 Å². The maximum Gasteiger partial charge on any atom is 0.259 e. The molecule has 0 saturated heterocycles. The average Bonchev–Trinajstić information content (AvgIpc) is 2.83.